The van der Waals surface area contributed by atoms with E-state index in [1.165, 1.54) is 24.5 Å². The Labute approximate surface area is 151 Å². The van der Waals surface area contributed by atoms with Crippen molar-refractivity contribution in [3.8, 4) is 0 Å². The number of rotatable bonds is 2. The normalized spacial score (nSPS) is 13.4. The first kappa shape index (κ1) is 15.8. The summed E-state index contributed by atoms with van der Waals surface area (Å²) >= 11 is 7.62. The van der Waals surface area contributed by atoms with Gasteiger partial charge in [0.2, 0.25) is 0 Å². The first-order valence-electron chi connectivity index (χ1n) is 7.42. The van der Waals surface area contributed by atoms with Gasteiger partial charge in [0.05, 0.1) is 16.1 Å². The van der Waals surface area contributed by atoms with Crippen molar-refractivity contribution in [1.29, 1.82) is 0 Å². The molecule has 0 fully saturated rings. The highest BCUT2D eigenvalue weighted by Crippen LogP contribution is 2.35. The van der Waals surface area contributed by atoms with Crippen LogP contribution in [0.3, 0.4) is 0 Å². The van der Waals surface area contributed by atoms with E-state index in [1.807, 2.05) is 24.3 Å². The van der Waals surface area contributed by atoms with Crippen molar-refractivity contribution in [2.75, 3.05) is 12.4 Å². The molecule has 3 aromatic rings. The van der Waals surface area contributed by atoms with E-state index in [1.54, 1.807) is 12.1 Å². The Morgan fingerprint density at radius 3 is 2.56 bits per heavy atom. The number of benzene rings is 2. The van der Waals surface area contributed by atoms with Crippen LogP contribution in [-0.2, 0) is 0 Å². The van der Waals surface area contributed by atoms with E-state index in [-0.39, 0.29) is 23.3 Å². The number of anilines is 1. The van der Waals surface area contributed by atoms with Crippen LogP contribution in [-0.4, -0.2) is 29.7 Å². The Hall–Kier alpha value is -2.70. The SMILES string of the molecule is CN1C(=O)c2ccc(NC(=O)c3sc4ccccc4c3Cl)cc2C1=O. The second-order valence-electron chi connectivity index (χ2n) is 5.63. The molecule has 3 amide bonds. The Morgan fingerprint density at radius 1 is 1.08 bits per heavy atom. The molecule has 0 spiro atoms. The number of amides is 3. The molecule has 1 aliphatic rings. The van der Waals surface area contributed by atoms with Crippen LogP contribution < -0.4 is 5.32 Å². The van der Waals surface area contributed by atoms with Crippen molar-refractivity contribution < 1.29 is 14.4 Å². The van der Waals surface area contributed by atoms with Crippen molar-refractivity contribution in [2.24, 2.45) is 0 Å². The van der Waals surface area contributed by atoms with Crippen molar-refractivity contribution in [3.63, 3.8) is 0 Å². The lowest BCUT2D eigenvalue weighted by atomic mass is 10.1. The van der Waals surface area contributed by atoms with Gasteiger partial charge in [-0.1, -0.05) is 29.8 Å². The number of halogens is 1. The number of carbonyl (C=O) groups is 3. The van der Waals surface area contributed by atoms with E-state index in [4.69, 9.17) is 11.6 Å². The van der Waals surface area contributed by atoms with Gasteiger partial charge < -0.3 is 5.32 Å². The fourth-order valence-electron chi connectivity index (χ4n) is 2.79. The second-order valence-corrected chi connectivity index (χ2v) is 7.06. The number of hydrogen-bond acceptors (Lipinski definition) is 4. The number of carbonyl (C=O) groups excluding carboxylic acids is 3. The van der Waals surface area contributed by atoms with Gasteiger partial charge in [0.1, 0.15) is 4.88 Å². The number of nitrogens with zero attached hydrogens (tertiary/aromatic N) is 1. The lowest BCUT2D eigenvalue weighted by molar-refractivity contribution is 0.0692. The molecule has 4 rings (SSSR count). The maximum atomic E-state index is 12.6. The van der Waals surface area contributed by atoms with Gasteiger partial charge in [-0.3, -0.25) is 19.3 Å². The van der Waals surface area contributed by atoms with Gasteiger partial charge in [-0.15, -0.1) is 11.3 Å². The average molecular weight is 371 g/mol. The van der Waals surface area contributed by atoms with Crippen LogP contribution in [0.2, 0.25) is 5.02 Å². The summed E-state index contributed by atoms with van der Waals surface area (Å²) in [7, 11) is 1.43. The van der Waals surface area contributed by atoms with Crippen LogP contribution in [0.25, 0.3) is 10.1 Å². The highest BCUT2D eigenvalue weighted by Gasteiger charge is 2.32. The first-order chi connectivity index (χ1) is 12.0. The lowest BCUT2D eigenvalue weighted by Gasteiger charge is -2.05. The van der Waals surface area contributed by atoms with Crippen LogP contribution in [0.15, 0.2) is 42.5 Å². The van der Waals surface area contributed by atoms with Gasteiger partial charge in [0.25, 0.3) is 17.7 Å². The predicted octanol–water partition coefficient (Wildman–Crippen LogP) is 4.03. The lowest BCUT2D eigenvalue weighted by Crippen LogP contribution is -2.24. The minimum absolute atomic E-state index is 0.285. The number of hydrogen-bond donors (Lipinski definition) is 1. The molecule has 5 nitrogen and oxygen atoms in total. The van der Waals surface area contributed by atoms with E-state index in [9.17, 15) is 14.4 Å². The molecule has 2 aromatic carbocycles. The smallest absolute Gasteiger partial charge is 0.267 e. The highest BCUT2D eigenvalue weighted by molar-refractivity contribution is 7.21. The fraction of sp³-hybridized carbons (Fsp3) is 0.0556. The number of imide groups is 1. The summed E-state index contributed by atoms with van der Waals surface area (Å²) in [6, 6.07) is 12.2. The monoisotopic (exact) mass is 370 g/mol. The number of fused-ring (bicyclic) bond motifs is 2. The third-order valence-electron chi connectivity index (χ3n) is 4.09. The van der Waals surface area contributed by atoms with Crippen LogP contribution in [0.5, 0.6) is 0 Å². The Morgan fingerprint density at radius 2 is 1.80 bits per heavy atom. The highest BCUT2D eigenvalue weighted by atomic mass is 35.5. The standard InChI is InChI=1S/C18H11ClN2O3S/c1-21-17(23)10-7-6-9(8-12(10)18(21)24)20-16(22)15-14(19)11-4-2-3-5-13(11)25-15/h2-8H,1H3,(H,20,22). The third-order valence-corrected chi connectivity index (χ3v) is 5.76. The minimum Gasteiger partial charge on any atom is -0.321 e. The summed E-state index contributed by atoms with van der Waals surface area (Å²) in [5, 5.41) is 3.98. The molecule has 1 N–H and O–H groups in total. The molecule has 25 heavy (non-hydrogen) atoms. The van der Waals surface area contributed by atoms with Crippen LogP contribution in [0, 0.1) is 0 Å². The minimum atomic E-state index is -0.379. The predicted molar refractivity (Wildman–Crippen MR) is 97.7 cm³/mol. The molecule has 1 aliphatic heterocycles. The molecule has 0 unspecified atom stereocenters. The maximum absolute atomic E-state index is 12.6. The van der Waals surface area contributed by atoms with E-state index in [0.29, 0.717) is 21.2 Å². The van der Waals surface area contributed by atoms with E-state index in [2.05, 4.69) is 5.32 Å². The van der Waals surface area contributed by atoms with Gasteiger partial charge in [0.15, 0.2) is 0 Å². The van der Waals surface area contributed by atoms with Crippen LogP contribution in [0.1, 0.15) is 30.4 Å². The zero-order valence-corrected chi connectivity index (χ0v) is 14.6. The van der Waals surface area contributed by atoms with Crippen molar-refractivity contribution in [3.05, 3.63) is 63.5 Å². The summed E-state index contributed by atoms with van der Waals surface area (Å²) in [5.74, 6) is -1.07. The molecule has 0 aliphatic carbocycles. The zero-order valence-electron chi connectivity index (χ0n) is 13.0. The Kier molecular flexibility index (Phi) is 3.59. The Balaban J connectivity index is 1.67. The number of thiophene rings is 1. The van der Waals surface area contributed by atoms with Gasteiger partial charge in [-0.05, 0) is 24.3 Å². The molecular weight excluding hydrogens is 360 g/mol. The largest absolute Gasteiger partial charge is 0.321 e. The maximum Gasteiger partial charge on any atom is 0.267 e. The molecule has 0 saturated carbocycles. The summed E-state index contributed by atoms with van der Waals surface area (Å²) in [6.07, 6.45) is 0. The van der Waals surface area contributed by atoms with E-state index < -0.39 is 0 Å². The molecule has 7 heteroatoms. The van der Waals surface area contributed by atoms with Crippen molar-refractivity contribution in [2.45, 2.75) is 0 Å². The third kappa shape index (κ3) is 2.42. The van der Waals surface area contributed by atoms with Gasteiger partial charge in [0, 0.05) is 22.8 Å². The summed E-state index contributed by atoms with van der Waals surface area (Å²) < 4.78 is 0.925. The Bertz CT molecular complexity index is 1070. The van der Waals surface area contributed by atoms with Crippen LogP contribution >= 0.6 is 22.9 Å². The van der Waals surface area contributed by atoms with Crippen molar-refractivity contribution in [1.82, 2.24) is 4.90 Å². The zero-order chi connectivity index (χ0) is 17.7. The molecule has 0 saturated heterocycles. The van der Waals surface area contributed by atoms with Gasteiger partial charge >= 0.3 is 0 Å². The van der Waals surface area contributed by atoms with Crippen LogP contribution in [0.4, 0.5) is 5.69 Å². The topological polar surface area (TPSA) is 66.5 Å². The summed E-state index contributed by atoms with van der Waals surface area (Å²) in [6.45, 7) is 0. The molecule has 0 atom stereocenters. The first-order valence-corrected chi connectivity index (χ1v) is 8.61. The fourth-order valence-corrected chi connectivity index (χ4v) is 4.20. The van der Waals surface area contributed by atoms with E-state index >= 15 is 0 Å². The molecule has 2 heterocycles. The van der Waals surface area contributed by atoms with Gasteiger partial charge in [-0.25, -0.2) is 0 Å². The average Bonchev–Trinajstić information content (AvgIpc) is 3.06. The molecule has 0 radical (unpaired) electrons. The van der Waals surface area contributed by atoms with Gasteiger partial charge in [-0.2, -0.15) is 0 Å². The number of nitrogens with one attached hydrogen (secondary N) is 1. The second kappa shape index (κ2) is 5.68. The quantitative estimate of drug-likeness (QED) is 0.692. The molecule has 0 bridgehead atoms. The summed E-state index contributed by atoms with van der Waals surface area (Å²) in [5.41, 5.74) is 1.06. The molecule has 124 valence electrons. The molecule has 1 aromatic heterocycles. The summed E-state index contributed by atoms with van der Waals surface area (Å²) in [4.78, 5) is 38.0. The van der Waals surface area contributed by atoms with Crippen molar-refractivity contribution >= 4 is 56.4 Å². The molecular formula is C18H11ClN2O3S. The van der Waals surface area contributed by atoms with E-state index in [0.717, 1.165) is 15.0 Å².